The highest BCUT2D eigenvalue weighted by atomic mass is 15.0. The van der Waals surface area contributed by atoms with E-state index in [-0.39, 0.29) is 0 Å². The summed E-state index contributed by atoms with van der Waals surface area (Å²) in [4.78, 5) is 0. The summed E-state index contributed by atoms with van der Waals surface area (Å²) >= 11 is 0. The molecule has 20 heavy (non-hydrogen) atoms. The fourth-order valence-electron chi connectivity index (χ4n) is 2.69. The van der Waals surface area contributed by atoms with E-state index in [1.807, 2.05) is 0 Å². The maximum Gasteiger partial charge on any atom is 0.0487 e. The Morgan fingerprint density at radius 3 is 1.35 bits per heavy atom. The van der Waals surface area contributed by atoms with Gasteiger partial charge in [-0.2, -0.15) is 0 Å². The van der Waals surface area contributed by atoms with Gasteiger partial charge in [-0.05, 0) is 37.1 Å². The number of hydrogen-bond acceptors (Lipinski definition) is 0. The van der Waals surface area contributed by atoms with Crippen molar-refractivity contribution < 1.29 is 0 Å². The molecule has 0 bridgehead atoms. The summed E-state index contributed by atoms with van der Waals surface area (Å²) in [6, 6.07) is 26.0. The molecular formula is C19H19N. The normalized spacial score (nSPS) is 10.9. The van der Waals surface area contributed by atoms with Crippen molar-refractivity contribution in [3.05, 3.63) is 72.8 Å². The maximum atomic E-state index is 2.41. The smallest absolute Gasteiger partial charge is 0.0487 e. The molecule has 0 spiro atoms. The van der Waals surface area contributed by atoms with Crippen molar-refractivity contribution in [1.82, 2.24) is 4.57 Å². The molecule has 0 saturated heterocycles. The number of hydrogen-bond donors (Lipinski definition) is 0. The van der Waals surface area contributed by atoms with Crippen molar-refractivity contribution in [3.63, 3.8) is 0 Å². The highest BCUT2D eigenvalue weighted by Gasteiger charge is 2.13. The molecule has 0 atom stereocenters. The first-order chi connectivity index (χ1) is 9.77. The third kappa shape index (κ3) is 2.27. The van der Waals surface area contributed by atoms with Gasteiger partial charge in [0.2, 0.25) is 0 Å². The fourth-order valence-corrected chi connectivity index (χ4v) is 2.69. The van der Waals surface area contributed by atoms with Crippen LogP contribution in [0.15, 0.2) is 72.8 Å². The summed E-state index contributed by atoms with van der Waals surface area (Å²) in [5.41, 5.74) is 5.09. The van der Waals surface area contributed by atoms with Crippen molar-refractivity contribution in [3.8, 4) is 22.5 Å². The fraction of sp³-hybridized carbons (Fsp3) is 0.158. The van der Waals surface area contributed by atoms with Crippen LogP contribution in [0, 0.1) is 0 Å². The largest absolute Gasteiger partial charge is 0.338 e. The summed E-state index contributed by atoms with van der Waals surface area (Å²) in [5, 5.41) is 0. The minimum Gasteiger partial charge on any atom is -0.338 e. The highest BCUT2D eigenvalue weighted by molar-refractivity contribution is 5.69. The van der Waals surface area contributed by atoms with E-state index in [0.717, 1.165) is 0 Å². The summed E-state index contributed by atoms with van der Waals surface area (Å²) in [6.07, 6.45) is 0. The van der Waals surface area contributed by atoms with E-state index >= 15 is 0 Å². The van der Waals surface area contributed by atoms with E-state index < -0.39 is 0 Å². The van der Waals surface area contributed by atoms with Gasteiger partial charge in [0.15, 0.2) is 0 Å². The first kappa shape index (κ1) is 12.7. The van der Waals surface area contributed by atoms with E-state index in [1.165, 1.54) is 22.5 Å². The Morgan fingerprint density at radius 2 is 1.00 bits per heavy atom. The van der Waals surface area contributed by atoms with Crippen LogP contribution in [0.1, 0.15) is 19.9 Å². The van der Waals surface area contributed by atoms with Gasteiger partial charge in [-0.3, -0.25) is 0 Å². The second kappa shape index (κ2) is 5.38. The minimum absolute atomic E-state index is 0.426. The zero-order valence-corrected chi connectivity index (χ0v) is 12.0. The van der Waals surface area contributed by atoms with Gasteiger partial charge in [-0.15, -0.1) is 0 Å². The monoisotopic (exact) mass is 261 g/mol. The summed E-state index contributed by atoms with van der Waals surface area (Å²) < 4.78 is 2.41. The van der Waals surface area contributed by atoms with Gasteiger partial charge in [0.25, 0.3) is 0 Å². The van der Waals surface area contributed by atoms with Crippen LogP contribution in [0.2, 0.25) is 0 Å². The summed E-state index contributed by atoms with van der Waals surface area (Å²) in [6.45, 7) is 4.47. The van der Waals surface area contributed by atoms with Crippen LogP contribution in [-0.2, 0) is 0 Å². The number of aromatic nitrogens is 1. The Labute approximate surface area is 120 Å². The molecule has 100 valence electrons. The van der Waals surface area contributed by atoms with Crippen molar-refractivity contribution in [2.75, 3.05) is 0 Å². The molecule has 0 fully saturated rings. The molecule has 0 amide bonds. The van der Waals surface area contributed by atoms with E-state index in [2.05, 4.69) is 91.2 Å². The standard InChI is InChI=1S/C19H19N/c1-15(2)20-18(16-9-5-3-6-10-16)13-14-19(20)17-11-7-4-8-12-17/h3-15H,1-2H3. The molecule has 0 unspecified atom stereocenters. The van der Waals surface area contributed by atoms with Gasteiger partial charge in [0, 0.05) is 17.4 Å². The zero-order chi connectivity index (χ0) is 13.9. The van der Waals surface area contributed by atoms with Crippen molar-refractivity contribution in [2.45, 2.75) is 19.9 Å². The molecule has 3 rings (SSSR count). The van der Waals surface area contributed by atoms with Crippen LogP contribution in [0.25, 0.3) is 22.5 Å². The molecule has 1 heterocycles. The van der Waals surface area contributed by atoms with Crippen LogP contribution in [0.3, 0.4) is 0 Å². The third-order valence-corrected chi connectivity index (χ3v) is 3.57. The Morgan fingerprint density at radius 1 is 0.600 bits per heavy atom. The van der Waals surface area contributed by atoms with Crippen LogP contribution >= 0.6 is 0 Å². The topological polar surface area (TPSA) is 4.93 Å². The van der Waals surface area contributed by atoms with Gasteiger partial charge in [0.1, 0.15) is 0 Å². The third-order valence-electron chi connectivity index (χ3n) is 3.57. The lowest BCUT2D eigenvalue weighted by molar-refractivity contribution is 0.616. The molecule has 3 aromatic rings. The second-order valence-electron chi connectivity index (χ2n) is 5.30. The predicted octanol–water partition coefficient (Wildman–Crippen LogP) is 5.40. The van der Waals surface area contributed by atoms with Crippen molar-refractivity contribution in [1.29, 1.82) is 0 Å². The lowest BCUT2D eigenvalue weighted by Crippen LogP contribution is -2.04. The lowest BCUT2D eigenvalue weighted by Gasteiger charge is -2.17. The number of benzene rings is 2. The maximum absolute atomic E-state index is 2.41. The van der Waals surface area contributed by atoms with Crippen LogP contribution < -0.4 is 0 Å². The SMILES string of the molecule is CC(C)n1c(-c2ccccc2)ccc1-c1ccccc1. The molecule has 0 aliphatic heterocycles. The van der Waals surface area contributed by atoms with Gasteiger partial charge < -0.3 is 4.57 Å². The average molecular weight is 261 g/mol. The van der Waals surface area contributed by atoms with E-state index in [9.17, 15) is 0 Å². The van der Waals surface area contributed by atoms with E-state index in [0.29, 0.717) is 6.04 Å². The molecule has 0 aliphatic rings. The van der Waals surface area contributed by atoms with E-state index in [4.69, 9.17) is 0 Å². The highest BCUT2D eigenvalue weighted by Crippen LogP contribution is 2.31. The van der Waals surface area contributed by atoms with E-state index in [1.54, 1.807) is 0 Å². The number of rotatable bonds is 3. The van der Waals surface area contributed by atoms with Crippen LogP contribution in [0.5, 0.6) is 0 Å². The molecule has 0 radical (unpaired) electrons. The quantitative estimate of drug-likeness (QED) is 0.594. The first-order valence-corrected chi connectivity index (χ1v) is 7.09. The molecule has 0 N–H and O–H groups in total. The zero-order valence-electron chi connectivity index (χ0n) is 12.0. The average Bonchev–Trinajstić information content (AvgIpc) is 2.94. The van der Waals surface area contributed by atoms with Gasteiger partial charge >= 0.3 is 0 Å². The molecule has 1 aromatic heterocycles. The Kier molecular flexibility index (Phi) is 3.42. The van der Waals surface area contributed by atoms with Crippen molar-refractivity contribution in [2.24, 2.45) is 0 Å². The molecule has 1 heteroatoms. The molecular weight excluding hydrogens is 242 g/mol. The lowest BCUT2D eigenvalue weighted by atomic mass is 10.1. The molecule has 1 nitrogen and oxygen atoms in total. The molecule has 2 aromatic carbocycles. The Bertz CT molecular complexity index is 621. The minimum atomic E-state index is 0.426. The second-order valence-corrected chi connectivity index (χ2v) is 5.30. The van der Waals surface area contributed by atoms with Crippen molar-refractivity contribution >= 4 is 0 Å². The van der Waals surface area contributed by atoms with Gasteiger partial charge in [-0.1, -0.05) is 60.7 Å². The predicted molar refractivity (Wildman–Crippen MR) is 85.7 cm³/mol. The number of nitrogens with zero attached hydrogens (tertiary/aromatic N) is 1. The Balaban J connectivity index is 2.17. The summed E-state index contributed by atoms with van der Waals surface area (Å²) in [5.74, 6) is 0. The molecule has 0 aliphatic carbocycles. The Hall–Kier alpha value is -2.28. The van der Waals surface area contributed by atoms with Gasteiger partial charge in [0.05, 0.1) is 0 Å². The summed E-state index contributed by atoms with van der Waals surface area (Å²) in [7, 11) is 0. The first-order valence-electron chi connectivity index (χ1n) is 7.09. The molecule has 0 saturated carbocycles. The van der Waals surface area contributed by atoms with Gasteiger partial charge in [-0.25, -0.2) is 0 Å². The van der Waals surface area contributed by atoms with Crippen LogP contribution in [-0.4, -0.2) is 4.57 Å². The van der Waals surface area contributed by atoms with Crippen LogP contribution in [0.4, 0.5) is 0 Å².